The second-order valence-corrected chi connectivity index (χ2v) is 6.94. The van der Waals surface area contributed by atoms with Crippen LogP contribution in [0.1, 0.15) is 78.1 Å². The Morgan fingerprint density at radius 1 is 1.20 bits per heavy atom. The molecular weight excluding hydrogens is 248 g/mol. The van der Waals surface area contributed by atoms with E-state index in [-0.39, 0.29) is 5.91 Å². The number of hydrogen-bond donors (Lipinski definition) is 2. The van der Waals surface area contributed by atoms with Gasteiger partial charge in [-0.15, -0.1) is 0 Å². The van der Waals surface area contributed by atoms with Gasteiger partial charge in [-0.2, -0.15) is 0 Å². The third kappa shape index (κ3) is 8.57. The monoisotopic (exact) mass is 282 g/mol. The summed E-state index contributed by atoms with van der Waals surface area (Å²) in [6.07, 6.45) is 11.5. The first kappa shape index (κ1) is 17.5. The highest BCUT2D eigenvalue weighted by atomic mass is 16.1. The quantitative estimate of drug-likeness (QED) is 0.635. The van der Waals surface area contributed by atoms with E-state index in [1.807, 2.05) is 0 Å². The second-order valence-electron chi connectivity index (χ2n) is 6.94. The van der Waals surface area contributed by atoms with Crippen molar-refractivity contribution >= 4 is 5.91 Å². The first-order valence-corrected chi connectivity index (χ1v) is 8.60. The zero-order valence-electron chi connectivity index (χ0n) is 13.5. The molecule has 0 aromatic rings. The van der Waals surface area contributed by atoms with Crippen LogP contribution in [0.25, 0.3) is 0 Å². The topological polar surface area (TPSA) is 55.1 Å². The SMILES string of the molecule is CC(C)CCCCCCNC(=O)CC1CCCC(N)C1. The fourth-order valence-electron chi connectivity index (χ4n) is 3.11. The number of nitrogens with one attached hydrogen (secondary N) is 1. The molecule has 3 N–H and O–H groups in total. The van der Waals surface area contributed by atoms with Crippen molar-refractivity contribution in [1.29, 1.82) is 0 Å². The lowest BCUT2D eigenvalue weighted by Crippen LogP contribution is -2.32. The number of unbranched alkanes of at least 4 members (excludes halogenated alkanes) is 3. The summed E-state index contributed by atoms with van der Waals surface area (Å²) in [5.41, 5.74) is 5.96. The largest absolute Gasteiger partial charge is 0.356 e. The molecule has 0 aliphatic heterocycles. The van der Waals surface area contributed by atoms with Crippen LogP contribution in [0.15, 0.2) is 0 Å². The minimum absolute atomic E-state index is 0.228. The van der Waals surface area contributed by atoms with Crippen LogP contribution in [0.4, 0.5) is 0 Å². The number of carbonyl (C=O) groups excluding carboxylic acids is 1. The van der Waals surface area contributed by atoms with Crippen molar-refractivity contribution in [1.82, 2.24) is 5.32 Å². The maximum atomic E-state index is 11.8. The minimum Gasteiger partial charge on any atom is -0.356 e. The smallest absolute Gasteiger partial charge is 0.220 e. The molecule has 1 saturated carbocycles. The number of carbonyl (C=O) groups is 1. The average Bonchev–Trinajstić information content (AvgIpc) is 2.37. The summed E-state index contributed by atoms with van der Waals surface area (Å²) in [7, 11) is 0. The molecule has 2 atom stereocenters. The molecular formula is C17H34N2O. The van der Waals surface area contributed by atoms with Crippen molar-refractivity contribution in [2.24, 2.45) is 17.6 Å². The second kappa shape index (κ2) is 10.2. The Kier molecular flexibility index (Phi) is 8.92. The van der Waals surface area contributed by atoms with E-state index >= 15 is 0 Å². The van der Waals surface area contributed by atoms with Crippen LogP contribution in [0.5, 0.6) is 0 Å². The highest BCUT2D eigenvalue weighted by molar-refractivity contribution is 5.76. The molecule has 0 aromatic heterocycles. The molecule has 3 nitrogen and oxygen atoms in total. The van der Waals surface area contributed by atoms with Crippen LogP contribution in [0.2, 0.25) is 0 Å². The van der Waals surface area contributed by atoms with E-state index in [4.69, 9.17) is 5.73 Å². The normalized spacial score (nSPS) is 23.0. The highest BCUT2D eigenvalue weighted by Crippen LogP contribution is 2.25. The summed E-state index contributed by atoms with van der Waals surface area (Å²) in [5, 5.41) is 3.06. The van der Waals surface area contributed by atoms with Crippen LogP contribution < -0.4 is 11.1 Å². The van der Waals surface area contributed by atoms with E-state index in [9.17, 15) is 4.79 Å². The lowest BCUT2D eigenvalue weighted by Gasteiger charge is -2.26. The third-order valence-electron chi connectivity index (χ3n) is 4.33. The predicted molar refractivity (Wildman–Crippen MR) is 85.5 cm³/mol. The van der Waals surface area contributed by atoms with Crippen molar-refractivity contribution in [2.75, 3.05) is 6.54 Å². The first-order chi connectivity index (χ1) is 9.58. The van der Waals surface area contributed by atoms with Gasteiger partial charge in [-0.05, 0) is 37.5 Å². The molecule has 0 aromatic carbocycles. The number of amides is 1. The zero-order valence-corrected chi connectivity index (χ0v) is 13.5. The summed E-state index contributed by atoms with van der Waals surface area (Å²) < 4.78 is 0. The Bertz CT molecular complexity index is 266. The lowest BCUT2D eigenvalue weighted by atomic mass is 9.84. The third-order valence-corrected chi connectivity index (χ3v) is 4.33. The summed E-state index contributed by atoms with van der Waals surface area (Å²) >= 11 is 0. The van der Waals surface area contributed by atoms with Gasteiger partial charge in [-0.25, -0.2) is 0 Å². The van der Waals surface area contributed by atoms with Crippen LogP contribution >= 0.6 is 0 Å². The van der Waals surface area contributed by atoms with Crippen molar-refractivity contribution in [3.8, 4) is 0 Å². The first-order valence-electron chi connectivity index (χ1n) is 8.60. The molecule has 1 aliphatic rings. The van der Waals surface area contributed by atoms with Crippen molar-refractivity contribution in [2.45, 2.75) is 84.1 Å². The van der Waals surface area contributed by atoms with E-state index < -0.39 is 0 Å². The van der Waals surface area contributed by atoms with Gasteiger partial charge in [-0.3, -0.25) is 4.79 Å². The van der Waals surface area contributed by atoms with Gasteiger partial charge in [0.2, 0.25) is 5.91 Å². The Labute approximate surface area is 125 Å². The molecule has 0 radical (unpaired) electrons. The Hall–Kier alpha value is -0.570. The minimum atomic E-state index is 0.228. The molecule has 0 spiro atoms. The van der Waals surface area contributed by atoms with Crippen molar-refractivity contribution in [3.05, 3.63) is 0 Å². The van der Waals surface area contributed by atoms with Crippen molar-refractivity contribution in [3.63, 3.8) is 0 Å². The van der Waals surface area contributed by atoms with Crippen molar-refractivity contribution < 1.29 is 4.79 Å². The van der Waals surface area contributed by atoms with Crippen LogP contribution in [0.3, 0.4) is 0 Å². The van der Waals surface area contributed by atoms with Gasteiger partial charge in [0.25, 0.3) is 0 Å². The van der Waals surface area contributed by atoms with E-state index in [0.29, 0.717) is 18.4 Å². The van der Waals surface area contributed by atoms with Crippen LogP contribution in [-0.4, -0.2) is 18.5 Å². The van der Waals surface area contributed by atoms with Crippen LogP contribution in [-0.2, 0) is 4.79 Å². The Morgan fingerprint density at radius 3 is 2.65 bits per heavy atom. The molecule has 0 bridgehead atoms. The summed E-state index contributed by atoms with van der Waals surface area (Å²) in [4.78, 5) is 11.8. The number of nitrogens with two attached hydrogens (primary N) is 1. The molecule has 1 amide bonds. The van der Waals surface area contributed by atoms with Gasteiger partial charge >= 0.3 is 0 Å². The zero-order chi connectivity index (χ0) is 14.8. The molecule has 1 rings (SSSR count). The fraction of sp³-hybridized carbons (Fsp3) is 0.941. The van der Waals surface area contributed by atoms with E-state index in [1.165, 1.54) is 38.5 Å². The molecule has 1 aliphatic carbocycles. The molecule has 0 heterocycles. The molecule has 20 heavy (non-hydrogen) atoms. The molecule has 1 fully saturated rings. The van der Waals surface area contributed by atoms with Gasteiger partial charge in [0.1, 0.15) is 0 Å². The number of hydrogen-bond acceptors (Lipinski definition) is 2. The molecule has 118 valence electrons. The maximum Gasteiger partial charge on any atom is 0.220 e. The highest BCUT2D eigenvalue weighted by Gasteiger charge is 2.21. The molecule has 2 unspecified atom stereocenters. The van der Waals surface area contributed by atoms with Gasteiger partial charge < -0.3 is 11.1 Å². The standard InChI is InChI=1S/C17H34N2O/c1-14(2)8-5-3-4-6-11-19-17(20)13-15-9-7-10-16(18)12-15/h14-16H,3-13,18H2,1-2H3,(H,19,20). The summed E-state index contributed by atoms with van der Waals surface area (Å²) in [5.74, 6) is 1.56. The summed E-state index contributed by atoms with van der Waals surface area (Å²) in [6.45, 7) is 5.40. The summed E-state index contributed by atoms with van der Waals surface area (Å²) in [6, 6.07) is 0.322. The van der Waals surface area contributed by atoms with Gasteiger partial charge in [0.05, 0.1) is 0 Å². The van der Waals surface area contributed by atoms with E-state index in [0.717, 1.165) is 31.7 Å². The van der Waals surface area contributed by atoms with E-state index in [2.05, 4.69) is 19.2 Å². The Morgan fingerprint density at radius 2 is 1.95 bits per heavy atom. The molecule has 0 saturated heterocycles. The average molecular weight is 282 g/mol. The molecule has 3 heteroatoms. The van der Waals surface area contributed by atoms with Gasteiger partial charge in [0.15, 0.2) is 0 Å². The lowest BCUT2D eigenvalue weighted by molar-refractivity contribution is -0.122. The van der Waals surface area contributed by atoms with Gasteiger partial charge in [-0.1, -0.05) is 46.0 Å². The number of rotatable bonds is 9. The van der Waals surface area contributed by atoms with Gasteiger partial charge in [0, 0.05) is 19.0 Å². The Balaban J connectivity index is 1.95. The van der Waals surface area contributed by atoms with E-state index in [1.54, 1.807) is 0 Å². The fourth-order valence-corrected chi connectivity index (χ4v) is 3.11. The maximum absolute atomic E-state index is 11.8. The van der Waals surface area contributed by atoms with Crippen LogP contribution in [0, 0.1) is 11.8 Å². The predicted octanol–water partition coefficient (Wildman–Crippen LogP) is 3.62.